The smallest absolute Gasteiger partial charge is 0.251 e. The minimum Gasteiger partial charge on any atom is -0.378 e. The van der Waals surface area contributed by atoms with Crippen molar-refractivity contribution in [1.82, 2.24) is 5.32 Å². The Labute approximate surface area is 118 Å². The van der Waals surface area contributed by atoms with E-state index in [1.165, 1.54) is 0 Å². The van der Waals surface area contributed by atoms with Crippen LogP contribution in [-0.4, -0.2) is 31.4 Å². The molecule has 3 nitrogen and oxygen atoms in total. The van der Waals surface area contributed by atoms with Crippen molar-refractivity contribution < 1.29 is 4.79 Å². The Morgan fingerprint density at radius 1 is 1.44 bits per heavy atom. The van der Waals surface area contributed by atoms with E-state index in [9.17, 15) is 4.79 Å². The lowest BCUT2D eigenvalue weighted by molar-refractivity contribution is 0.0935. The maximum Gasteiger partial charge on any atom is 0.251 e. The van der Waals surface area contributed by atoms with Gasteiger partial charge in [0, 0.05) is 36.7 Å². The summed E-state index contributed by atoms with van der Waals surface area (Å²) in [6.07, 6.45) is 1.90. The molecule has 0 heterocycles. The second-order valence-corrected chi connectivity index (χ2v) is 5.29. The number of benzene rings is 1. The minimum atomic E-state index is 0.00602. The van der Waals surface area contributed by atoms with Crippen LogP contribution in [0.3, 0.4) is 0 Å². The van der Waals surface area contributed by atoms with E-state index in [4.69, 9.17) is 0 Å². The van der Waals surface area contributed by atoms with Crippen molar-refractivity contribution in [3.63, 3.8) is 0 Å². The molecule has 0 saturated heterocycles. The van der Waals surface area contributed by atoms with Gasteiger partial charge in [-0.15, -0.1) is 0 Å². The molecule has 4 heteroatoms. The number of anilines is 1. The summed E-state index contributed by atoms with van der Waals surface area (Å²) >= 11 is 3.41. The van der Waals surface area contributed by atoms with Crippen molar-refractivity contribution in [2.24, 2.45) is 0 Å². The molecule has 1 unspecified atom stereocenters. The second-order valence-electron chi connectivity index (χ2n) is 4.50. The lowest BCUT2D eigenvalue weighted by Crippen LogP contribution is -2.34. The van der Waals surface area contributed by atoms with Gasteiger partial charge in [-0.1, -0.05) is 28.9 Å². The number of nitrogens with one attached hydrogen (secondary N) is 1. The van der Waals surface area contributed by atoms with Gasteiger partial charge in [0.1, 0.15) is 0 Å². The molecule has 1 aromatic rings. The van der Waals surface area contributed by atoms with Crippen LogP contribution >= 0.6 is 15.9 Å². The van der Waals surface area contributed by atoms with E-state index in [1.807, 2.05) is 43.3 Å². The predicted octanol–water partition coefficient (Wildman–Crippen LogP) is 3.05. The number of halogens is 1. The summed E-state index contributed by atoms with van der Waals surface area (Å²) in [6.45, 7) is 2.09. The third-order valence-corrected chi connectivity index (χ3v) is 3.37. The van der Waals surface area contributed by atoms with Crippen LogP contribution in [0.2, 0.25) is 0 Å². The SMILES string of the molecule is CCC(CCBr)NC(=O)c1cccc(N(C)C)c1. The number of hydrogen-bond donors (Lipinski definition) is 1. The van der Waals surface area contributed by atoms with E-state index in [1.54, 1.807) is 0 Å². The van der Waals surface area contributed by atoms with Gasteiger partial charge in [-0.05, 0) is 31.0 Å². The number of amides is 1. The van der Waals surface area contributed by atoms with Crippen molar-refractivity contribution in [2.75, 3.05) is 24.3 Å². The zero-order valence-electron chi connectivity index (χ0n) is 11.2. The molecule has 0 fully saturated rings. The summed E-state index contributed by atoms with van der Waals surface area (Å²) in [5.41, 5.74) is 1.76. The van der Waals surface area contributed by atoms with Crippen LogP contribution in [0.25, 0.3) is 0 Å². The molecule has 0 aliphatic rings. The number of carbonyl (C=O) groups is 1. The summed E-state index contributed by atoms with van der Waals surface area (Å²) in [7, 11) is 3.94. The first-order valence-electron chi connectivity index (χ1n) is 6.22. The second kappa shape index (κ2) is 7.41. The van der Waals surface area contributed by atoms with Gasteiger partial charge in [0.25, 0.3) is 5.91 Å². The van der Waals surface area contributed by atoms with E-state index in [0.29, 0.717) is 5.56 Å². The molecule has 0 saturated carbocycles. The predicted molar refractivity (Wildman–Crippen MR) is 80.7 cm³/mol. The number of hydrogen-bond acceptors (Lipinski definition) is 2. The Morgan fingerprint density at radius 3 is 2.72 bits per heavy atom. The van der Waals surface area contributed by atoms with Gasteiger partial charge in [0.2, 0.25) is 0 Å². The molecule has 1 atom stereocenters. The summed E-state index contributed by atoms with van der Waals surface area (Å²) in [5.74, 6) is 0.00602. The van der Waals surface area contributed by atoms with Crippen molar-refractivity contribution in [2.45, 2.75) is 25.8 Å². The van der Waals surface area contributed by atoms with Gasteiger partial charge >= 0.3 is 0 Å². The van der Waals surface area contributed by atoms with Crippen LogP contribution in [0, 0.1) is 0 Å². The molecule has 0 aromatic heterocycles. The highest BCUT2D eigenvalue weighted by molar-refractivity contribution is 9.09. The van der Waals surface area contributed by atoms with Crippen LogP contribution in [-0.2, 0) is 0 Å². The number of carbonyl (C=O) groups excluding carboxylic acids is 1. The first-order valence-corrected chi connectivity index (χ1v) is 7.34. The van der Waals surface area contributed by atoms with Crippen LogP contribution in [0.4, 0.5) is 5.69 Å². The molecule has 0 bridgehead atoms. The highest BCUT2D eigenvalue weighted by Crippen LogP contribution is 2.13. The average Bonchev–Trinajstić information content (AvgIpc) is 2.38. The lowest BCUT2D eigenvalue weighted by atomic mass is 10.1. The maximum absolute atomic E-state index is 12.1. The molecule has 0 aliphatic carbocycles. The number of alkyl halides is 1. The van der Waals surface area contributed by atoms with Gasteiger partial charge in [-0.25, -0.2) is 0 Å². The fourth-order valence-corrected chi connectivity index (χ4v) is 2.26. The first kappa shape index (κ1) is 15.0. The highest BCUT2D eigenvalue weighted by atomic mass is 79.9. The minimum absolute atomic E-state index is 0.00602. The quantitative estimate of drug-likeness (QED) is 0.819. The zero-order chi connectivity index (χ0) is 13.5. The molecule has 0 aliphatic heterocycles. The molecule has 1 N–H and O–H groups in total. The van der Waals surface area contributed by atoms with Crippen LogP contribution in [0.5, 0.6) is 0 Å². The molecule has 18 heavy (non-hydrogen) atoms. The van der Waals surface area contributed by atoms with Crippen molar-refractivity contribution in [3.05, 3.63) is 29.8 Å². The number of nitrogens with zero attached hydrogens (tertiary/aromatic N) is 1. The molecule has 100 valence electrons. The van der Waals surface area contributed by atoms with Crippen molar-refractivity contribution in [3.8, 4) is 0 Å². The van der Waals surface area contributed by atoms with E-state index >= 15 is 0 Å². The topological polar surface area (TPSA) is 32.3 Å². The van der Waals surface area contributed by atoms with Gasteiger partial charge in [-0.2, -0.15) is 0 Å². The molecule has 1 amide bonds. The Balaban J connectivity index is 2.74. The van der Waals surface area contributed by atoms with Crippen molar-refractivity contribution in [1.29, 1.82) is 0 Å². The fourth-order valence-electron chi connectivity index (χ4n) is 1.70. The van der Waals surface area contributed by atoms with E-state index in [0.717, 1.165) is 23.9 Å². The van der Waals surface area contributed by atoms with Gasteiger partial charge in [0.15, 0.2) is 0 Å². The molecule has 0 spiro atoms. The summed E-state index contributed by atoms with van der Waals surface area (Å²) < 4.78 is 0. The third-order valence-electron chi connectivity index (χ3n) is 2.91. The van der Waals surface area contributed by atoms with Crippen LogP contribution in [0.1, 0.15) is 30.1 Å². The maximum atomic E-state index is 12.1. The van der Waals surface area contributed by atoms with Crippen molar-refractivity contribution >= 4 is 27.5 Å². The Kier molecular flexibility index (Phi) is 6.19. The molecule has 1 aromatic carbocycles. The molecule has 0 radical (unpaired) electrons. The zero-order valence-corrected chi connectivity index (χ0v) is 12.8. The van der Waals surface area contributed by atoms with Gasteiger partial charge in [0.05, 0.1) is 0 Å². The van der Waals surface area contributed by atoms with E-state index < -0.39 is 0 Å². The Hall–Kier alpha value is -1.03. The first-order chi connectivity index (χ1) is 8.58. The molecular formula is C14H21BrN2O. The Morgan fingerprint density at radius 2 is 2.17 bits per heavy atom. The summed E-state index contributed by atoms with van der Waals surface area (Å²) in [5, 5.41) is 3.97. The summed E-state index contributed by atoms with van der Waals surface area (Å²) in [4.78, 5) is 14.1. The summed E-state index contributed by atoms with van der Waals surface area (Å²) in [6, 6.07) is 7.90. The number of rotatable bonds is 6. The largest absolute Gasteiger partial charge is 0.378 e. The highest BCUT2D eigenvalue weighted by Gasteiger charge is 2.12. The standard InChI is InChI=1S/C14H21BrN2O/c1-4-12(8-9-15)16-14(18)11-6-5-7-13(10-11)17(2)3/h5-7,10,12H,4,8-9H2,1-3H3,(H,16,18). The average molecular weight is 313 g/mol. The van der Waals surface area contributed by atoms with E-state index in [2.05, 4.69) is 28.2 Å². The fraction of sp³-hybridized carbons (Fsp3) is 0.500. The monoisotopic (exact) mass is 312 g/mol. The van der Waals surface area contributed by atoms with Gasteiger partial charge < -0.3 is 10.2 Å². The third kappa shape index (κ3) is 4.33. The molecule has 1 rings (SSSR count). The van der Waals surface area contributed by atoms with Crippen LogP contribution < -0.4 is 10.2 Å². The van der Waals surface area contributed by atoms with Crippen LogP contribution in [0.15, 0.2) is 24.3 Å². The lowest BCUT2D eigenvalue weighted by Gasteiger charge is -2.17. The Bertz CT molecular complexity index is 393. The van der Waals surface area contributed by atoms with E-state index in [-0.39, 0.29) is 11.9 Å². The normalized spacial score (nSPS) is 12.0. The molecular weight excluding hydrogens is 292 g/mol. The van der Waals surface area contributed by atoms with Gasteiger partial charge in [-0.3, -0.25) is 4.79 Å².